The number of aromatic nitrogens is 1. The van der Waals surface area contributed by atoms with Crippen LogP contribution in [0, 0.1) is 0 Å². The highest BCUT2D eigenvalue weighted by molar-refractivity contribution is 7.92. The number of amides is 1. The van der Waals surface area contributed by atoms with Crippen molar-refractivity contribution >= 4 is 42.4 Å². The number of ether oxygens (including phenoxy) is 2. The van der Waals surface area contributed by atoms with E-state index < -0.39 is 21.5 Å². The second kappa shape index (κ2) is 7.30. The van der Waals surface area contributed by atoms with Crippen LogP contribution in [0.25, 0.3) is 10.2 Å². The number of para-hydroxylation sites is 1. The topological polar surface area (TPSA) is 94.6 Å². The Balaban J connectivity index is 1.75. The average Bonchev–Trinajstić information content (AvgIpc) is 3.03. The Morgan fingerprint density at radius 2 is 1.85 bits per heavy atom. The molecule has 0 saturated carbocycles. The zero-order valence-corrected chi connectivity index (χ0v) is 15.7. The second-order valence-electron chi connectivity index (χ2n) is 5.31. The number of methoxy groups -OCH3 is 2. The lowest BCUT2D eigenvalue weighted by Gasteiger charge is -2.05. The maximum absolute atomic E-state index is 12.4. The molecular weight excluding hydrogens is 376 g/mol. The smallest absolute Gasteiger partial charge is 0.241 e. The quantitative estimate of drug-likeness (QED) is 0.693. The van der Waals surface area contributed by atoms with Crippen LogP contribution in [-0.2, 0) is 14.6 Å². The van der Waals surface area contributed by atoms with Gasteiger partial charge in [-0.05, 0) is 36.4 Å². The number of carbonyl (C=O) groups is 1. The fourth-order valence-electron chi connectivity index (χ4n) is 2.34. The molecule has 0 spiro atoms. The molecule has 1 heterocycles. The number of rotatable bonds is 6. The van der Waals surface area contributed by atoms with Gasteiger partial charge in [0, 0.05) is 0 Å². The third-order valence-electron chi connectivity index (χ3n) is 3.59. The number of fused-ring (bicyclic) bond motifs is 1. The number of nitrogens with zero attached hydrogens (tertiary/aromatic N) is 1. The first kappa shape index (κ1) is 18.2. The lowest BCUT2D eigenvalue weighted by Crippen LogP contribution is -2.22. The number of hydrogen-bond donors (Lipinski definition) is 1. The molecular formula is C17H16N2O5S2. The van der Waals surface area contributed by atoms with Crippen molar-refractivity contribution in [2.24, 2.45) is 0 Å². The van der Waals surface area contributed by atoms with Gasteiger partial charge in [0.25, 0.3) is 0 Å². The van der Waals surface area contributed by atoms with E-state index in [9.17, 15) is 13.2 Å². The van der Waals surface area contributed by atoms with Crippen LogP contribution in [0.3, 0.4) is 0 Å². The summed E-state index contributed by atoms with van der Waals surface area (Å²) in [6.45, 7) is 0. The molecule has 7 nitrogen and oxygen atoms in total. The van der Waals surface area contributed by atoms with Gasteiger partial charge >= 0.3 is 0 Å². The van der Waals surface area contributed by atoms with E-state index in [0.717, 1.165) is 4.70 Å². The van der Waals surface area contributed by atoms with Crippen LogP contribution in [0.2, 0.25) is 0 Å². The van der Waals surface area contributed by atoms with Crippen molar-refractivity contribution in [1.82, 2.24) is 4.98 Å². The van der Waals surface area contributed by atoms with E-state index in [4.69, 9.17) is 9.47 Å². The van der Waals surface area contributed by atoms with Gasteiger partial charge in [-0.2, -0.15) is 0 Å². The number of sulfone groups is 1. The first-order valence-electron chi connectivity index (χ1n) is 7.53. The summed E-state index contributed by atoms with van der Waals surface area (Å²) in [6, 6.07) is 11.3. The van der Waals surface area contributed by atoms with Crippen molar-refractivity contribution < 1.29 is 22.7 Å². The Morgan fingerprint density at radius 3 is 2.50 bits per heavy atom. The fourth-order valence-corrected chi connectivity index (χ4v) is 4.37. The van der Waals surface area contributed by atoms with E-state index in [1.54, 1.807) is 6.07 Å². The van der Waals surface area contributed by atoms with Gasteiger partial charge in [0.1, 0.15) is 22.8 Å². The molecule has 0 saturated heterocycles. The summed E-state index contributed by atoms with van der Waals surface area (Å²) in [7, 11) is -0.737. The first-order chi connectivity index (χ1) is 12.4. The molecule has 0 aliphatic carbocycles. The summed E-state index contributed by atoms with van der Waals surface area (Å²) in [5.74, 6) is -0.201. The first-order valence-corrected chi connectivity index (χ1v) is 10.00. The molecule has 9 heteroatoms. The van der Waals surface area contributed by atoms with Gasteiger partial charge in [0.15, 0.2) is 15.0 Å². The summed E-state index contributed by atoms with van der Waals surface area (Å²) in [6.07, 6.45) is 0. The number of nitrogens with one attached hydrogen (secondary N) is 1. The van der Waals surface area contributed by atoms with Crippen molar-refractivity contribution in [2.45, 2.75) is 4.90 Å². The highest BCUT2D eigenvalue weighted by Crippen LogP contribution is 2.32. The monoisotopic (exact) mass is 392 g/mol. The molecule has 0 radical (unpaired) electrons. The number of hydrogen-bond acceptors (Lipinski definition) is 7. The summed E-state index contributed by atoms with van der Waals surface area (Å²) >= 11 is 1.25. The Bertz CT molecular complexity index is 1040. The van der Waals surface area contributed by atoms with Crippen LogP contribution in [0.4, 0.5) is 5.13 Å². The molecule has 3 aromatic rings. The van der Waals surface area contributed by atoms with Gasteiger partial charge < -0.3 is 14.8 Å². The van der Waals surface area contributed by atoms with Crippen LogP contribution >= 0.6 is 11.3 Å². The zero-order chi connectivity index (χ0) is 18.7. The van der Waals surface area contributed by atoms with E-state index in [1.165, 1.54) is 49.8 Å². The van der Waals surface area contributed by atoms with Crippen molar-refractivity contribution in [3.63, 3.8) is 0 Å². The van der Waals surface area contributed by atoms with Crippen molar-refractivity contribution in [3.8, 4) is 11.5 Å². The summed E-state index contributed by atoms with van der Waals surface area (Å²) in [5.41, 5.74) is 0.619. The molecule has 0 aliphatic heterocycles. The molecule has 0 fully saturated rings. The lowest BCUT2D eigenvalue weighted by molar-refractivity contribution is -0.113. The average molecular weight is 392 g/mol. The SMILES string of the molecule is COc1ccc(S(=O)(=O)CC(=O)Nc2nc3c(OC)cccc3s2)cc1. The van der Waals surface area contributed by atoms with Crippen molar-refractivity contribution in [2.75, 3.05) is 25.3 Å². The second-order valence-corrected chi connectivity index (χ2v) is 8.33. The molecule has 0 atom stereocenters. The molecule has 2 aromatic carbocycles. The predicted octanol–water partition coefficient (Wildman–Crippen LogP) is 2.73. The summed E-state index contributed by atoms with van der Waals surface area (Å²) < 4.78 is 35.8. The number of benzene rings is 2. The van der Waals surface area contributed by atoms with Crippen LogP contribution in [0.15, 0.2) is 47.4 Å². The van der Waals surface area contributed by atoms with Gasteiger partial charge in [0.05, 0.1) is 23.8 Å². The molecule has 26 heavy (non-hydrogen) atoms. The van der Waals surface area contributed by atoms with E-state index in [1.807, 2.05) is 12.1 Å². The van der Waals surface area contributed by atoms with E-state index in [0.29, 0.717) is 22.1 Å². The van der Waals surface area contributed by atoms with Crippen molar-refractivity contribution in [3.05, 3.63) is 42.5 Å². The van der Waals surface area contributed by atoms with Gasteiger partial charge in [-0.25, -0.2) is 13.4 Å². The molecule has 136 valence electrons. The van der Waals surface area contributed by atoms with Crippen LogP contribution in [0.5, 0.6) is 11.5 Å². The minimum Gasteiger partial charge on any atom is -0.497 e. The molecule has 0 unspecified atom stereocenters. The molecule has 1 amide bonds. The number of anilines is 1. The molecule has 1 N–H and O–H groups in total. The third-order valence-corrected chi connectivity index (χ3v) is 6.16. The third kappa shape index (κ3) is 3.78. The van der Waals surface area contributed by atoms with Gasteiger partial charge in [-0.1, -0.05) is 17.4 Å². The Morgan fingerprint density at radius 1 is 1.12 bits per heavy atom. The molecule has 0 aliphatic rings. The van der Waals surface area contributed by atoms with E-state index in [2.05, 4.69) is 10.3 Å². The van der Waals surface area contributed by atoms with E-state index >= 15 is 0 Å². The maximum Gasteiger partial charge on any atom is 0.241 e. The largest absolute Gasteiger partial charge is 0.497 e. The van der Waals surface area contributed by atoms with Crippen LogP contribution in [-0.4, -0.2) is 39.3 Å². The molecule has 1 aromatic heterocycles. The molecule has 0 bridgehead atoms. The van der Waals surface area contributed by atoms with Gasteiger partial charge in [-0.15, -0.1) is 0 Å². The fraction of sp³-hybridized carbons (Fsp3) is 0.176. The van der Waals surface area contributed by atoms with Crippen molar-refractivity contribution in [1.29, 1.82) is 0 Å². The number of thiazole rings is 1. The van der Waals surface area contributed by atoms with E-state index in [-0.39, 0.29) is 4.90 Å². The maximum atomic E-state index is 12.4. The standard InChI is InChI=1S/C17H16N2O5S2/c1-23-11-6-8-12(9-7-11)26(21,22)10-15(20)18-17-19-16-13(24-2)4-3-5-14(16)25-17/h3-9H,10H2,1-2H3,(H,18,19,20). The summed E-state index contributed by atoms with van der Waals surface area (Å²) in [5, 5.41) is 2.86. The Kier molecular flexibility index (Phi) is 5.10. The lowest BCUT2D eigenvalue weighted by atomic mass is 10.3. The predicted molar refractivity (Wildman–Crippen MR) is 99.8 cm³/mol. The highest BCUT2D eigenvalue weighted by Gasteiger charge is 2.20. The normalized spacial score (nSPS) is 11.3. The highest BCUT2D eigenvalue weighted by atomic mass is 32.2. The van der Waals surface area contributed by atoms with Gasteiger partial charge in [0.2, 0.25) is 5.91 Å². The van der Waals surface area contributed by atoms with Gasteiger partial charge in [-0.3, -0.25) is 4.79 Å². The zero-order valence-electron chi connectivity index (χ0n) is 14.1. The Labute approximate surface area is 154 Å². The van der Waals surface area contributed by atoms with Crippen LogP contribution < -0.4 is 14.8 Å². The molecule has 3 rings (SSSR count). The number of carbonyl (C=O) groups excluding carboxylic acids is 1. The minimum atomic E-state index is -3.76. The minimum absolute atomic E-state index is 0.0550. The van der Waals surface area contributed by atoms with Crippen LogP contribution in [0.1, 0.15) is 0 Å². The summed E-state index contributed by atoms with van der Waals surface area (Å²) in [4.78, 5) is 16.5. The Hall–Kier alpha value is -2.65.